The van der Waals surface area contributed by atoms with E-state index in [0.29, 0.717) is 68.6 Å². The van der Waals surface area contributed by atoms with E-state index >= 15 is 4.39 Å². The first-order valence-corrected chi connectivity index (χ1v) is 13.3. The van der Waals surface area contributed by atoms with Gasteiger partial charge in [-0.05, 0) is 31.0 Å². The second-order valence-electron chi connectivity index (χ2n) is 10.3. The van der Waals surface area contributed by atoms with Crippen LogP contribution in [0.5, 0.6) is 0 Å². The number of aromatic amines is 1. The molecular weight excluding hydrogens is 546 g/mol. The van der Waals surface area contributed by atoms with Crippen LogP contribution in [0, 0.1) is 11.7 Å². The molecule has 3 aliphatic heterocycles. The van der Waals surface area contributed by atoms with Crippen molar-refractivity contribution in [3.8, 4) is 11.1 Å². The van der Waals surface area contributed by atoms with Crippen molar-refractivity contribution in [1.82, 2.24) is 20.3 Å². The lowest BCUT2D eigenvalue weighted by atomic mass is 10.0. The van der Waals surface area contributed by atoms with Gasteiger partial charge >= 0.3 is 6.18 Å². The summed E-state index contributed by atoms with van der Waals surface area (Å²) in [7, 11) is 0. The summed E-state index contributed by atoms with van der Waals surface area (Å²) in [6, 6.07) is 3.20. The van der Waals surface area contributed by atoms with Crippen LogP contribution in [0.4, 0.5) is 34.9 Å². The monoisotopic (exact) mass is 573 g/mol. The number of carbonyl (C=O) groups excluding carboxylic acids is 1. The maximum Gasteiger partial charge on any atom is 0.417 e. The minimum Gasteiger partial charge on any atom is -0.378 e. The van der Waals surface area contributed by atoms with Crippen LogP contribution >= 0.6 is 0 Å². The van der Waals surface area contributed by atoms with E-state index in [1.54, 1.807) is 0 Å². The van der Waals surface area contributed by atoms with Gasteiger partial charge in [0.15, 0.2) is 0 Å². The van der Waals surface area contributed by atoms with Gasteiger partial charge in [-0.25, -0.2) is 14.4 Å². The zero-order valence-corrected chi connectivity index (χ0v) is 21.8. The quantitative estimate of drug-likeness (QED) is 0.400. The van der Waals surface area contributed by atoms with Crippen LogP contribution in [0.1, 0.15) is 22.3 Å². The number of amides is 1. The van der Waals surface area contributed by atoms with Gasteiger partial charge in [0.05, 0.1) is 35.7 Å². The predicted octanol–water partition coefficient (Wildman–Crippen LogP) is 2.88. The number of carbonyl (C=O) groups is 1. The molecule has 2 aromatic heterocycles. The Kier molecular flexibility index (Phi) is 7.11. The summed E-state index contributed by atoms with van der Waals surface area (Å²) in [5.74, 6) is -0.885. The Morgan fingerprint density at radius 3 is 2.54 bits per heavy atom. The van der Waals surface area contributed by atoms with Crippen LogP contribution in [0.3, 0.4) is 0 Å². The number of nitrogens with zero attached hydrogens (tertiary/aromatic N) is 4. The molecule has 14 heteroatoms. The Bertz CT molecular complexity index is 1490. The molecule has 3 fully saturated rings. The number of morpholine rings is 1. The largest absolute Gasteiger partial charge is 0.417 e. The van der Waals surface area contributed by atoms with E-state index in [2.05, 4.69) is 25.6 Å². The molecule has 0 spiro atoms. The summed E-state index contributed by atoms with van der Waals surface area (Å²) in [5.41, 5.74) is -2.23. The van der Waals surface area contributed by atoms with Crippen molar-refractivity contribution in [2.45, 2.75) is 18.6 Å². The minimum atomic E-state index is -4.94. The molecule has 2 atom stereocenters. The number of hydrogen-bond donors (Lipinski definition) is 3. The van der Waals surface area contributed by atoms with Gasteiger partial charge in [0.1, 0.15) is 5.82 Å². The lowest BCUT2D eigenvalue weighted by molar-refractivity contribution is -0.138. The highest BCUT2D eigenvalue weighted by atomic mass is 19.4. The summed E-state index contributed by atoms with van der Waals surface area (Å²) in [6.07, 6.45) is -0.324. The van der Waals surface area contributed by atoms with E-state index in [1.165, 1.54) is 24.5 Å². The van der Waals surface area contributed by atoms with Gasteiger partial charge in [-0.1, -0.05) is 0 Å². The lowest BCUT2D eigenvalue weighted by Gasteiger charge is -2.26. The minimum absolute atomic E-state index is 0.0765. The molecular formula is C27H27F4N7O3. The fourth-order valence-corrected chi connectivity index (χ4v) is 5.66. The Morgan fingerprint density at radius 2 is 1.83 bits per heavy atom. The van der Waals surface area contributed by atoms with Crippen molar-refractivity contribution in [1.29, 1.82) is 0 Å². The van der Waals surface area contributed by atoms with Crippen molar-refractivity contribution in [3.63, 3.8) is 0 Å². The lowest BCUT2D eigenvalue weighted by Crippen LogP contribution is -2.37. The molecule has 5 heterocycles. The van der Waals surface area contributed by atoms with Gasteiger partial charge in [0.25, 0.3) is 5.91 Å². The highest BCUT2D eigenvalue weighted by Crippen LogP contribution is 2.39. The predicted molar refractivity (Wildman–Crippen MR) is 143 cm³/mol. The molecule has 6 rings (SSSR count). The van der Waals surface area contributed by atoms with Crippen LogP contribution in [0.2, 0.25) is 0 Å². The molecule has 0 bridgehead atoms. The summed E-state index contributed by atoms with van der Waals surface area (Å²) < 4.78 is 62.0. The number of alkyl halides is 3. The van der Waals surface area contributed by atoms with Crippen LogP contribution in [0.25, 0.3) is 11.1 Å². The highest BCUT2D eigenvalue weighted by molar-refractivity contribution is 6.07. The molecule has 1 aromatic carbocycles. The molecule has 3 saturated heterocycles. The summed E-state index contributed by atoms with van der Waals surface area (Å²) in [6.45, 7) is 4.37. The number of nitrogens with one attached hydrogen (secondary N) is 3. The summed E-state index contributed by atoms with van der Waals surface area (Å²) in [4.78, 5) is 39.5. The topological polar surface area (TPSA) is 115 Å². The first kappa shape index (κ1) is 27.1. The normalized spacial score (nSPS) is 20.8. The second kappa shape index (κ2) is 10.7. The molecule has 41 heavy (non-hydrogen) atoms. The molecule has 1 amide bonds. The number of pyridine rings is 1. The third-order valence-electron chi connectivity index (χ3n) is 7.75. The molecule has 0 saturated carbocycles. The van der Waals surface area contributed by atoms with Gasteiger partial charge in [0.2, 0.25) is 11.5 Å². The van der Waals surface area contributed by atoms with E-state index in [0.717, 1.165) is 19.2 Å². The summed E-state index contributed by atoms with van der Waals surface area (Å²) in [5, 5.41) is 5.96. The fraction of sp³-hybridized carbons (Fsp3) is 0.407. The number of hydrogen-bond acceptors (Lipinski definition) is 8. The third-order valence-corrected chi connectivity index (χ3v) is 7.75. The Labute approximate surface area is 231 Å². The zero-order valence-electron chi connectivity index (χ0n) is 21.8. The van der Waals surface area contributed by atoms with Crippen molar-refractivity contribution < 1.29 is 27.1 Å². The molecule has 1 unspecified atom stereocenters. The van der Waals surface area contributed by atoms with Gasteiger partial charge in [0, 0.05) is 68.0 Å². The molecule has 3 N–H and O–H groups in total. The number of rotatable bonds is 5. The number of aromatic nitrogens is 3. The number of anilines is 3. The van der Waals surface area contributed by atoms with E-state index in [4.69, 9.17) is 4.74 Å². The van der Waals surface area contributed by atoms with Crippen LogP contribution in [0.15, 0.2) is 41.6 Å². The number of fused-ring (bicyclic) bond motifs is 1. The van der Waals surface area contributed by atoms with Crippen LogP contribution in [-0.4, -0.2) is 72.8 Å². The Morgan fingerprint density at radius 1 is 1.07 bits per heavy atom. The van der Waals surface area contributed by atoms with Crippen molar-refractivity contribution >= 4 is 23.2 Å². The van der Waals surface area contributed by atoms with Crippen LogP contribution in [-0.2, 0) is 10.9 Å². The number of H-pyrrole nitrogens is 1. The molecule has 3 aromatic rings. The Balaban J connectivity index is 1.36. The fourth-order valence-electron chi connectivity index (χ4n) is 5.66. The molecule has 0 aliphatic carbocycles. The molecule has 216 valence electrons. The van der Waals surface area contributed by atoms with E-state index in [1.807, 2.05) is 9.80 Å². The highest BCUT2D eigenvalue weighted by Gasteiger charge is 2.38. The zero-order chi connectivity index (χ0) is 28.7. The smallest absolute Gasteiger partial charge is 0.378 e. The molecule has 0 radical (unpaired) electrons. The van der Waals surface area contributed by atoms with Gasteiger partial charge in [-0.3, -0.25) is 9.59 Å². The van der Waals surface area contributed by atoms with Crippen LogP contribution < -0.4 is 26.0 Å². The SMILES string of the molecule is O=C(Nc1cc(-c2cnc(N3CCOCC3)nc2)c(F)cc1N1CC2CCN[C@@H]2C1)c1c[nH]c(=O)cc1C(F)(F)F. The van der Waals surface area contributed by atoms with Crippen molar-refractivity contribution in [2.24, 2.45) is 5.92 Å². The van der Waals surface area contributed by atoms with Gasteiger partial charge < -0.3 is 30.2 Å². The van der Waals surface area contributed by atoms with E-state index in [9.17, 15) is 22.8 Å². The first-order valence-electron chi connectivity index (χ1n) is 13.3. The maximum atomic E-state index is 15.6. The molecule has 3 aliphatic rings. The first-order chi connectivity index (χ1) is 19.7. The maximum absolute atomic E-state index is 15.6. The van der Waals surface area contributed by atoms with Crippen molar-refractivity contribution in [3.05, 3.63) is 64.1 Å². The van der Waals surface area contributed by atoms with Gasteiger partial charge in [-0.15, -0.1) is 0 Å². The number of halogens is 4. The van der Waals surface area contributed by atoms with E-state index in [-0.39, 0.29) is 17.3 Å². The third kappa shape index (κ3) is 5.48. The standard InChI is InChI=1S/C27H27F4N7O3/c28-20-9-23(38-13-15-1-2-32-22(15)14-38)21(36-25(40)18-12-33-24(39)8-19(18)27(29,30)31)7-17(20)16-10-34-26(35-11-16)37-3-5-41-6-4-37/h7-12,15,22,32H,1-6,13-14H2,(H,33,39)(H,36,40)/t15?,22-/m1/s1. The summed E-state index contributed by atoms with van der Waals surface area (Å²) >= 11 is 0. The van der Waals surface area contributed by atoms with Crippen molar-refractivity contribution in [2.75, 3.05) is 61.1 Å². The number of ether oxygens (including phenoxy) is 1. The van der Waals surface area contributed by atoms with E-state index < -0.39 is 34.6 Å². The number of benzene rings is 1. The van der Waals surface area contributed by atoms with Gasteiger partial charge in [-0.2, -0.15) is 13.2 Å². The average molecular weight is 574 g/mol. The molecule has 10 nitrogen and oxygen atoms in total. The second-order valence-corrected chi connectivity index (χ2v) is 10.3. The Hall–Kier alpha value is -4.04. The average Bonchev–Trinajstić information content (AvgIpc) is 3.57.